The Morgan fingerprint density at radius 2 is 2.29 bits per heavy atom. The van der Waals surface area contributed by atoms with Gasteiger partial charge in [0.1, 0.15) is 16.9 Å². The van der Waals surface area contributed by atoms with Crippen molar-refractivity contribution in [3.05, 3.63) is 45.6 Å². The fraction of sp³-hybridized carbons (Fsp3) is 0.375. The molecular formula is C16H18ClFN4O4S2. The summed E-state index contributed by atoms with van der Waals surface area (Å²) in [4.78, 5) is 17.0. The van der Waals surface area contributed by atoms with Crippen LogP contribution >= 0.6 is 22.9 Å². The zero-order valence-corrected chi connectivity index (χ0v) is 16.9. The largest absolute Gasteiger partial charge is 0.396 e. The fourth-order valence-electron chi connectivity index (χ4n) is 2.90. The number of anilines is 1. The van der Waals surface area contributed by atoms with Crippen molar-refractivity contribution in [1.82, 2.24) is 14.0 Å². The number of hydrogen-bond acceptors (Lipinski definition) is 6. The summed E-state index contributed by atoms with van der Waals surface area (Å²) in [5.41, 5.74) is 0.250. The van der Waals surface area contributed by atoms with Gasteiger partial charge in [-0.15, -0.1) is 11.3 Å². The quantitative estimate of drug-likeness (QED) is 0.625. The lowest BCUT2D eigenvalue weighted by Crippen LogP contribution is -2.57. The summed E-state index contributed by atoms with van der Waals surface area (Å²) in [6.07, 6.45) is 1.88. The average molecular weight is 449 g/mol. The third-order valence-corrected chi connectivity index (χ3v) is 7.00. The van der Waals surface area contributed by atoms with Gasteiger partial charge in [0.15, 0.2) is 0 Å². The molecule has 28 heavy (non-hydrogen) atoms. The van der Waals surface area contributed by atoms with E-state index < -0.39 is 34.0 Å². The highest BCUT2D eigenvalue weighted by Gasteiger charge is 2.43. The van der Waals surface area contributed by atoms with Crippen LogP contribution in [0.15, 0.2) is 29.8 Å². The Morgan fingerprint density at radius 3 is 2.93 bits per heavy atom. The molecule has 1 fully saturated rings. The summed E-state index contributed by atoms with van der Waals surface area (Å²) >= 11 is 7.02. The average Bonchev–Trinajstić information content (AvgIpc) is 3.17. The molecule has 0 spiro atoms. The number of carbonyl (C=O) groups excluding carboxylic acids is 1. The molecule has 8 nitrogen and oxygen atoms in total. The first kappa shape index (κ1) is 21.1. The molecule has 152 valence electrons. The molecular weight excluding hydrogens is 431 g/mol. The van der Waals surface area contributed by atoms with Gasteiger partial charge in [0, 0.05) is 30.4 Å². The molecule has 2 atom stereocenters. The molecule has 0 unspecified atom stereocenters. The summed E-state index contributed by atoms with van der Waals surface area (Å²) in [7, 11) is -3.98. The number of amides is 1. The van der Waals surface area contributed by atoms with Crippen LogP contribution in [0.4, 0.5) is 10.1 Å². The van der Waals surface area contributed by atoms with Gasteiger partial charge in [-0.3, -0.25) is 4.79 Å². The van der Waals surface area contributed by atoms with Crippen molar-refractivity contribution < 1.29 is 22.7 Å². The van der Waals surface area contributed by atoms with E-state index in [1.807, 2.05) is 0 Å². The second-order valence-electron chi connectivity index (χ2n) is 6.10. The number of nitrogens with zero attached hydrogens (tertiary/aromatic N) is 2. The number of thiazole rings is 1. The minimum Gasteiger partial charge on any atom is -0.396 e. The highest BCUT2D eigenvalue weighted by atomic mass is 35.5. The summed E-state index contributed by atoms with van der Waals surface area (Å²) in [5.74, 6) is -1.20. The molecule has 3 N–H and O–H groups in total. The van der Waals surface area contributed by atoms with Crippen molar-refractivity contribution in [2.24, 2.45) is 0 Å². The van der Waals surface area contributed by atoms with E-state index in [1.54, 1.807) is 11.6 Å². The van der Waals surface area contributed by atoms with E-state index in [-0.39, 0.29) is 36.7 Å². The first-order valence-electron chi connectivity index (χ1n) is 8.37. The molecule has 1 aliphatic rings. The van der Waals surface area contributed by atoms with Crippen LogP contribution in [0.2, 0.25) is 5.02 Å². The van der Waals surface area contributed by atoms with Gasteiger partial charge in [-0.2, -0.15) is 17.4 Å². The Kier molecular flexibility index (Phi) is 6.63. The van der Waals surface area contributed by atoms with E-state index in [0.717, 1.165) is 10.4 Å². The van der Waals surface area contributed by atoms with E-state index in [1.165, 1.54) is 23.5 Å². The maximum atomic E-state index is 13.3. The van der Waals surface area contributed by atoms with Crippen LogP contribution in [-0.4, -0.2) is 47.9 Å². The van der Waals surface area contributed by atoms with Gasteiger partial charge in [0.25, 0.3) is 10.2 Å². The molecule has 1 aliphatic heterocycles. The lowest BCUT2D eigenvalue weighted by Gasteiger charge is -2.37. The summed E-state index contributed by atoms with van der Waals surface area (Å²) in [5, 5.41) is 13.8. The predicted molar refractivity (Wildman–Crippen MR) is 104 cm³/mol. The molecule has 1 aromatic carbocycles. The van der Waals surface area contributed by atoms with E-state index in [9.17, 15) is 17.6 Å². The van der Waals surface area contributed by atoms with Gasteiger partial charge >= 0.3 is 0 Å². The second-order valence-corrected chi connectivity index (χ2v) is 9.09. The maximum absolute atomic E-state index is 13.3. The summed E-state index contributed by atoms with van der Waals surface area (Å²) in [6.45, 7) is -0.247. The second kappa shape index (κ2) is 8.80. The normalized spacial score (nSPS) is 22.1. The first-order chi connectivity index (χ1) is 13.3. The van der Waals surface area contributed by atoms with Crippen LogP contribution in [0.5, 0.6) is 0 Å². The smallest absolute Gasteiger partial charge is 0.280 e. The third-order valence-electron chi connectivity index (χ3n) is 4.18. The van der Waals surface area contributed by atoms with Crippen LogP contribution in [0, 0.1) is 5.82 Å². The van der Waals surface area contributed by atoms with Gasteiger partial charge in [0.2, 0.25) is 5.91 Å². The van der Waals surface area contributed by atoms with Crippen LogP contribution in [0.25, 0.3) is 0 Å². The summed E-state index contributed by atoms with van der Waals surface area (Å²) < 4.78 is 42.3. The number of halogens is 2. The Labute approximate surface area is 170 Å². The van der Waals surface area contributed by atoms with Crippen molar-refractivity contribution in [3.8, 4) is 0 Å². The number of aromatic nitrogens is 1. The lowest BCUT2D eigenvalue weighted by atomic mass is 10.1. The zero-order chi connectivity index (χ0) is 20.3. The Morgan fingerprint density at radius 1 is 1.50 bits per heavy atom. The fourth-order valence-corrected chi connectivity index (χ4v) is 5.45. The van der Waals surface area contributed by atoms with Gasteiger partial charge in [-0.25, -0.2) is 9.37 Å². The van der Waals surface area contributed by atoms with E-state index >= 15 is 0 Å². The van der Waals surface area contributed by atoms with Crippen LogP contribution < -0.4 is 10.0 Å². The molecule has 1 aromatic heterocycles. The van der Waals surface area contributed by atoms with Crippen LogP contribution in [-0.2, 0) is 15.0 Å². The molecule has 1 amide bonds. The van der Waals surface area contributed by atoms with Crippen molar-refractivity contribution >= 4 is 44.7 Å². The van der Waals surface area contributed by atoms with Gasteiger partial charge in [0.05, 0.1) is 11.1 Å². The molecule has 3 rings (SSSR count). The Hall–Kier alpha value is -1.63. The number of rotatable bonds is 6. The molecule has 0 saturated carbocycles. The minimum atomic E-state index is -3.98. The Balaban J connectivity index is 1.87. The number of benzene rings is 1. The van der Waals surface area contributed by atoms with Gasteiger partial charge < -0.3 is 10.4 Å². The molecule has 2 heterocycles. The van der Waals surface area contributed by atoms with Crippen LogP contribution in [0.3, 0.4) is 0 Å². The maximum Gasteiger partial charge on any atom is 0.280 e. The number of carbonyl (C=O) groups is 1. The van der Waals surface area contributed by atoms with Crippen molar-refractivity contribution in [3.63, 3.8) is 0 Å². The van der Waals surface area contributed by atoms with Crippen molar-refractivity contribution in [2.75, 3.05) is 18.5 Å². The number of hydrogen-bond donors (Lipinski definition) is 3. The lowest BCUT2D eigenvalue weighted by molar-refractivity contribution is -0.120. The molecule has 2 aromatic rings. The minimum absolute atomic E-state index is 0.0291. The predicted octanol–water partition coefficient (Wildman–Crippen LogP) is 1.91. The molecule has 0 radical (unpaired) electrons. The summed E-state index contributed by atoms with van der Waals surface area (Å²) in [6, 6.07) is 2.02. The van der Waals surface area contributed by atoms with Gasteiger partial charge in [-0.1, -0.05) is 11.6 Å². The standard InChI is InChI=1S/C16H18ClFN4O4S2/c17-11-8-10(2-3-12(11)18)20-15(24)14-9-13(16-19-4-7-27-16)21-28(25,26)22(14)5-1-6-23/h2-4,7-8,13-14,21,23H,1,5-6,9H2,(H,20,24)/t13-,14+/m0/s1. The molecule has 0 aliphatic carbocycles. The number of nitrogens with one attached hydrogen (secondary N) is 2. The topological polar surface area (TPSA) is 112 Å². The third kappa shape index (κ3) is 4.67. The molecule has 1 saturated heterocycles. The van der Waals surface area contributed by atoms with Crippen LogP contribution in [0.1, 0.15) is 23.9 Å². The van der Waals surface area contributed by atoms with Crippen molar-refractivity contribution in [1.29, 1.82) is 0 Å². The highest BCUT2D eigenvalue weighted by molar-refractivity contribution is 7.87. The zero-order valence-electron chi connectivity index (χ0n) is 14.5. The number of aliphatic hydroxyl groups excluding tert-OH is 1. The SMILES string of the molecule is O=C(Nc1ccc(F)c(Cl)c1)[C@H]1C[C@@H](c2nccs2)NS(=O)(=O)N1CCCO. The first-order valence-corrected chi connectivity index (χ1v) is 11.1. The highest BCUT2D eigenvalue weighted by Crippen LogP contribution is 2.31. The van der Waals surface area contributed by atoms with Gasteiger partial charge in [-0.05, 0) is 31.0 Å². The Bertz CT molecular complexity index is 942. The monoisotopic (exact) mass is 448 g/mol. The van der Waals surface area contributed by atoms with E-state index in [0.29, 0.717) is 5.01 Å². The van der Waals surface area contributed by atoms with Crippen molar-refractivity contribution in [2.45, 2.75) is 24.9 Å². The molecule has 12 heteroatoms. The number of aliphatic hydroxyl groups is 1. The molecule has 0 bridgehead atoms. The van der Waals surface area contributed by atoms with E-state index in [2.05, 4.69) is 15.0 Å². The van der Waals surface area contributed by atoms with E-state index in [4.69, 9.17) is 16.7 Å².